The Morgan fingerprint density at radius 1 is 1.32 bits per heavy atom. The zero-order valence-corrected chi connectivity index (χ0v) is 14.0. The molecule has 0 saturated heterocycles. The smallest absolute Gasteiger partial charge is 0.345 e. The molecule has 116 valence electrons. The lowest BCUT2D eigenvalue weighted by Crippen LogP contribution is -2.24. The van der Waals surface area contributed by atoms with Gasteiger partial charge >= 0.3 is 5.97 Å². The third kappa shape index (κ3) is 2.82. The highest BCUT2D eigenvalue weighted by Gasteiger charge is 2.33. The monoisotopic (exact) mass is 378 g/mol. The Hall–Kier alpha value is -1.27. The predicted octanol–water partition coefficient (Wildman–Crippen LogP) is 4.10. The van der Waals surface area contributed by atoms with E-state index >= 15 is 0 Å². The van der Waals surface area contributed by atoms with Crippen molar-refractivity contribution in [2.24, 2.45) is 0 Å². The first-order chi connectivity index (χ1) is 9.99. The molecule has 2 aromatic rings. The van der Waals surface area contributed by atoms with E-state index in [9.17, 15) is 9.59 Å². The summed E-state index contributed by atoms with van der Waals surface area (Å²) in [5.74, 6) is -1.07. The molecule has 0 amide bonds. The second kappa shape index (κ2) is 6.46. The minimum Gasteiger partial charge on any atom is -0.478 e. The minimum absolute atomic E-state index is 0. The lowest BCUT2D eigenvalue weighted by Gasteiger charge is -2.09. The van der Waals surface area contributed by atoms with Crippen molar-refractivity contribution < 1.29 is 19.4 Å². The van der Waals surface area contributed by atoms with Gasteiger partial charge in [-0.3, -0.25) is 4.79 Å². The van der Waals surface area contributed by atoms with Crippen molar-refractivity contribution in [1.82, 2.24) is 0 Å². The van der Waals surface area contributed by atoms with Gasteiger partial charge in [0.2, 0.25) is 5.78 Å². The van der Waals surface area contributed by atoms with Crippen molar-refractivity contribution >= 4 is 58.7 Å². The maximum Gasteiger partial charge on any atom is 0.345 e. The van der Waals surface area contributed by atoms with Crippen molar-refractivity contribution in [1.29, 1.82) is 0 Å². The van der Waals surface area contributed by atoms with Crippen LogP contribution in [0.5, 0.6) is 5.75 Å². The average molecular weight is 380 g/mol. The Morgan fingerprint density at radius 3 is 2.64 bits per heavy atom. The molecule has 3 rings (SSSR count). The molecule has 1 atom stereocenters. The van der Waals surface area contributed by atoms with Gasteiger partial charge in [-0.2, -0.15) is 0 Å². The van der Waals surface area contributed by atoms with Gasteiger partial charge in [-0.05, 0) is 17.5 Å². The summed E-state index contributed by atoms with van der Waals surface area (Å²) in [5.41, 5.74) is 0.842. The Kier molecular flexibility index (Phi) is 5.02. The van der Waals surface area contributed by atoms with Gasteiger partial charge in [0.15, 0.2) is 6.10 Å². The van der Waals surface area contributed by atoms with E-state index in [0.717, 1.165) is 0 Å². The van der Waals surface area contributed by atoms with Crippen LogP contribution in [0.4, 0.5) is 0 Å². The number of rotatable bonds is 3. The third-order valence-electron chi connectivity index (χ3n) is 3.17. The number of aliphatic carboxylic acids is 1. The van der Waals surface area contributed by atoms with Crippen molar-refractivity contribution in [3.8, 4) is 5.75 Å². The number of halogens is 3. The number of carboxylic acids is 1. The molecule has 0 fully saturated rings. The van der Waals surface area contributed by atoms with Crippen LogP contribution in [0.25, 0.3) is 0 Å². The summed E-state index contributed by atoms with van der Waals surface area (Å²) < 4.78 is 5.28. The number of carbonyl (C=O) groups is 2. The van der Waals surface area contributed by atoms with Crippen LogP contribution in [0.15, 0.2) is 23.6 Å². The minimum atomic E-state index is -1.08. The number of hydrogen-bond donors (Lipinski definition) is 1. The quantitative estimate of drug-likeness (QED) is 0.816. The molecule has 1 N–H and O–H groups in total. The van der Waals surface area contributed by atoms with E-state index in [0.29, 0.717) is 10.4 Å². The largest absolute Gasteiger partial charge is 0.478 e. The Bertz CT molecular complexity index is 743. The number of ketones is 1. The molecule has 0 spiro atoms. The molecule has 2 heterocycles. The molecule has 1 unspecified atom stereocenters. The molecule has 0 bridgehead atoms. The first-order valence-electron chi connectivity index (χ1n) is 5.97. The van der Waals surface area contributed by atoms with Crippen molar-refractivity contribution in [3.63, 3.8) is 0 Å². The van der Waals surface area contributed by atoms with Gasteiger partial charge in [0.1, 0.15) is 10.8 Å². The fourth-order valence-electron chi connectivity index (χ4n) is 2.17. The van der Waals surface area contributed by atoms with Crippen LogP contribution in [-0.2, 0) is 11.2 Å². The first kappa shape index (κ1) is 17.1. The van der Waals surface area contributed by atoms with E-state index < -0.39 is 12.1 Å². The molecule has 22 heavy (non-hydrogen) atoms. The SMILES string of the molecule is Cl.O=C(c1cccs1)c1cc2c(c(Cl)c1Cl)OC(C(=O)O)C2. The topological polar surface area (TPSA) is 63.6 Å². The summed E-state index contributed by atoms with van der Waals surface area (Å²) in [5, 5.41) is 11.0. The highest BCUT2D eigenvalue weighted by Crippen LogP contribution is 2.43. The highest BCUT2D eigenvalue weighted by atomic mass is 35.5. The second-order valence-corrected chi connectivity index (χ2v) is 6.20. The predicted molar refractivity (Wildman–Crippen MR) is 87.2 cm³/mol. The van der Waals surface area contributed by atoms with E-state index in [1.54, 1.807) is 23.6 Å². The zero-order chi connectivity index (χ0) is 15.1. The van der Waals surface area contributed by atoms with Crippen LogP contribution < -0.4 is 4.74 Å². The van der Waals surface area contributed by atoms with Crippen LogP contribution in [0, 0.1) is 0 Å². The van der Waals surface area contributed by atoms with E-state index in [-0.39, 0.29) is 46.0 Å². The van der Waals surface area contributed by atoms with Crippen molar-refractivity contribution in [3.05, 3.63) is 49.6 Å². The maximum absolute atomic E-state index is 12.4. The highest BCUT2D eigenvalue weighted by molar-refractivity contribution is 7.12. The Labute approximate surface area is 146 Å². The van der Waals surface area contributed by atoms with E-state index in [1.807, 2.05) is 0 Å². The van der Waals surface area contributed by atoms with Crippen LogP contribution >= 0.6 is 46.9 Å². The Balaban J connectivity index is 0.00000176. The van der Waals surface area contributed by atoms with E-state index in [2.05, 4.69) is 0 Å². The second-order valence-electron chi connectivity index (χ2n) is 4.50. The van der Waals surface area contributed by atoms with Crippen LogP contribution in [-0.4, -0.2) is 23.0 Å². The number of carboxylic acid groups (broad SMARTS) is 1. The molecular formula is C14H9Cl3O4S. The van der Waals surface area contributed by atoms with Gasteiger partial charge in [0.25, 0.3) is 0 Å². The molecule has 8 heteroatoms. The zero-order valence-electron chi connectivity index (χ0n) is 10.8. The summed E-state index contributed by atoms with van der Waals surface area (Å²) >= 11 is 13.6. The molecule has 0 aliphatic carbocycles. The number of hydrogen-bond acceptors (Lipinski definition) is 4. The number of carbonyl (C=O) groups excluding carboxylic acids is 1. The average Bonchev–Trinajstić information content (AvgIpc) is 3.10. The van der Waals surface area contributed by atoms with E-state index in [4.69, 9.17) is 33.0 Å². The normalized spacial score (nSPS) is 15.6. The number of benzene rings is 1. The van der Waals surface area contributed by atoms with Gasteiger partial charge in [-0.15, -0.1) is 23.7 Å². The summed E-state index contributed by atoms with van der Waals surface area (Å²) in [6, 6.07) is 5.03. The molecule has 0 radical (unpaired) electrons. The lowest BCUT2D eigenvalue weighted by atomic mass is 10.0. The van der Waals surface area contributed by atoms with Crippen molar-refractivity contribution in [2.45, 2.75) is 12.5 Å². The molecule has 1 aliphatic rings. The number of fused-ring (bicyclic) bond motifs is 1. The van der Waals surface area contributed by atoms with E-state index in [1.165, 1.54) is 11.3 Å². The summed E-state index contributed by atoms with van der Waals surface area (Å²) in [6.45, 7) is 0. The molecule has 4 nitrogen and oxygen atoms in total. The van der Waals surface area contributed by atoms with Gasteiger partial charge in [0.05, 0.1) is 9.90 Å². The van der Waals surface area contributed by atoms with Crippen LogP contribution in [0.3, 0.4) is 0 Å². The fraction of sp³-hybridized carbons (Fsp3) is 0.143. The molecule has 1 aliphatic heterocycles. The lowest BCUT2D eigenvalue weighted by molar-refractivity contribution is -0.144. The molecule has 0 saturated carbocycles. The third-order valence-corrected chi connectivity index (χ3v) is 4.89. The number of ether oxygens (including phenoxy) is 1. The van der Waals surface area contributed by atoms with Crippen LogP contribution in [0.2, 0.25) is 10.0 Å². The summed E-state index contributed by atoms with van der Waals surface area (Å²) in [7, 11) is 0. The van der Waals surface area contributed by atoms with Crippen molar-refractivity contribution in [2.75, 3.05) is 0 Å². The van der Waals surface area contributed by atoms with Gasteiger partial charge < -0.3 is 9.84 Å². The van der Waals surface area contributed by atoms with Crippen LogP contribution in [0.1, 0.15) is 20.8 Å². The van der Waals surface area contributed by atoms with Gasteiger partial charge in [-0.1, -0.05) is 29.3 Å². The fourth-order valence-corrected chi connectivity index (χ4v) is 3.34. The van der Waals surface area contributed by atoms with Gasteiger partial charge in [-0.25, -0.2) is 4.79 Å². The molecular weight excluding hydrogens is 371 g/mol. The summed E-state index contributed by atoms with van der Waals surface area (Å²) in [4.78, 5) is 24.0. The number of thiophene rings is 1. The maximum atomic E-state index is 12.4. The summed E-state index contributed by atoms with van der Waals surface area (Å²) in [6.07, 6.45) is -0.840. The Morgan fingerprint density at radius 2 is 2.05 bits per heavy atom. The first-order valence-corrected chi connectivity index (χ1v) is 7.61. The molecule has 1 aromatic carbocycles. The molecule has 1 aromatic heterocycles. The van der Waals surface area contributed by atoms with Gasteiger partial charge in [0, 0.05) is 17.5 Å². The standard InChI is InChI=1S/C14H8Cl2O4S.ClH/c15-10-7(12(17)9-2-1-3-21-9)4-6-5-8(14(18)19)20-13(6)11(10)16;/h1-4,8H,5H2,(H,18,19);1H.